The van der Waals surface area contributed by atoms with Crippen LogP contribution < -0.4 is 4.74 Å². The molecule has 1 fully saturated rings. The largest absolute Gasteiger partial charge is 0.467 e. The van der Waals surface area contributed by atoms with E-state index in [-0.39, 0.29) is 17.6 Å². The first kappa shape index (κ1) is 23.9. The van der Waals surface area contributed by atoms with Gasteiger partial charge in [-0.3, -0.25) is 0 Å². The second-order valence-electron chi connectivity index (χ2n) is 9.80. The maximum atomic E-state index is 13.0. The molecule has 1 aromatic rings. The smallest absolute Gasteiger partial charge is 0.219 e. The summed E-state index contributed by atoms with van der Waals surface area (Å²) in [4.78, 5) is 0. The third-order valence-corrected chi connectivity index (χ3v) is 8.04. The Morgan fingerprint density at radius 2 is 1.80 bits per heavy atom. The molecule has 169 valence electrons. The van der Waals surface area contributed by atoms with Crippen LogP contribution in [-0.2, 0) is 29.8 Å². The SMILES string of the molecule is [3H][B]SO[C@H](c1cc(C(C)(C)C)c(OCOC)c(C(C)(C)C)c1)[C@H]1CCN(C)S1(=O)=O. The third-order valence-electron chi connectivity index (χ3n) is 5.42. The first-order valence-corrected chi connectivity index (χ1v) is 12.3. The van der Waals surface area contributed by atoms with Crippen LogP contribution in [0.4, 0.5) is 0 Å². The molecule has 1 heterocycles. The molecule has 0 amide bonds. The van der Waals surface area contributed by atoms with Gasteiger partial charge in [-0.25, -0.2) is 12.7 Å². The van der Waals surface area contributed by atoms with Crippen molar-refractivity contribution in [1.29, 1.82) is 1.34 Å². The van der Waals surface area contributed by atoms with Gasteiger partial charge in [0, 0.05) is 31.8 Å². The van der Waals surface area contributed by atoms with Crippen molar-refractivity contribution < 1.29 is 22.1 Å². The summed E-state index contributed by atoms with van der Waals surface area (Å²) in [7, 11) is 0.759. The van der Waals surface area contributed by atoms with Crippen molar-refractivity contribution in [2.45, 2.75) is 70.1 Å². The van der Waals surface area contributed by atoms with Crippen molar-refractivity contribution in [2.24, 2.45) is 0 Å². The zero-order valence-electron chi connectivity index (χ0n) is 20.3. The van der Waals surface area contributed by atoms with Crippen LogP contribution in [0, 0.1) is 0 Å². The Hall–Kier alpha value is -0.735. The fraction of sp³-hybridized carbons (Fsp3) is 0.714. The summed E-state index contributed by atoms with van der Waals surface area (Å²) in [6, 6.07) is 3.98. The van der Waals surface area contributed by atoms with Crippen molar-refractivity contribution in [3.8, 4) is 5.75 Å². The molecule has 0 spiro atoms. The van der Waals surface area contributed by atoms with Gasteiger partial charge in [-0.15, -0.1) is 0 Å². The topological polar surface area (TPSA) is 65.1 Å². The van der Waals surface area contributed by atoms with E-state index in [4.69, 9.17) is 15.0 Å². The van der Waals surface area contributed by atoms with Crippen LogP contribution in [0.1, 0.15) is 70.8 Å². The van der Waals surface area contributed by atoms with Gasteiger partial charge in [0.25, 0.3) is 0 Å². The lowest BCUT2D eigenvalue weighted by atomic mass is 9.77. The minimum Gasteiger partial charge on any atom is -0.467 e. The Balaban J connectivity index is 2.74. The highest BCUT2D eigenvalue weighted by atomic mass is 32.2. The normalized spacial score (nSPS) is 21.3. The fourth-order valence-corrected chi connectivity index (χ4v) is 5.90. The molecule has 0 bridgehead atoms. The number of hydrogen-bond donors (Lipinski definition) is 0. The lowest BCUT2D eigenvalue weighted by Gasteiger charge is -2.32. The molecule has 0 aromatic heterocycles. The summed E-state index contributed by atoms with van der Waals surface area (Å²) in [6.45, 7) is 13.2. The molecule has 1 aliphatic rings. The average molecular weight is 458 g/mol. The van der Waals surface area contributed by atoms with E-state index in [1.807, 2.05) is 12.1 Å². The minimum atomic E-state index is -3.50. The summed E-state index contributed by atoms with van der Waals surface area (Å²) in [6.07, 6.45) is -0.236. The van der Waals surface area contributed by atoms with Crippen LogP contribution in [0.3, 0.4) is 0 Å². The number of rotatable bonds is 8. The molecule has 1 saturated heterocycles. The number of sulfonamides is 1. The predicted molar refractivity (Wildman–Crippen MR) is 125 cm³/mol. The first-order valence-electron chi connectivity index (χ1n) is 10.6. The lowest BCUT2D eigenvalue weighted by molar-refractivity contribution is 0.0484. The molecular weight excluding hydrogens is 421 g/mol. The van der Waals surface area contributed by atoms with Crippen LogP contribution >= 0.6 is 11.9 Å². The van der Waals surface area contributed by atoms with Gasteiger partial charge in [0.05, 0.1) is 0 Å². The molecule has 1 radical (unpaired) electrons. The lowest BCUT2D eigenvalue weighted by Crippen LogP contribution is -2.31. The molecule has 9 heteroatoms. The molecule has 2 atom stereocenters. The van der Waals surface area contributed by atoms with E-state index in [0.29, 0.717) is 13.0 Å². The van der Waals surface area contributed by atoms with Crippen molar-refractivity contribution in [3.05, 3.63) is 28.8 Å². The molecule has 2 rings (SSSR count). The Morgan fingerprint density at radius 3 is 2.20 bits per heavy atom. The van der Waals surface area contributed by atoms with Gasteiger partial charge in [-0.05, 0) is 36.3 Å². The van der Waals surface area contributed by atoms with Crippen molar-refractivity contribution in [1.82, 2.24) is 4.31 Å². The Bertz CT molecular complexity index is 832. The van der Waals surface area contributed by atoms with Crippen LogP contribution in [-0.4, -0.2) is 53.9 Å². The van der Waals surface area contributed by atoms with Gasteiger partial charge < -0.3 is 13.7 Å². The number of benzene rings is 1. The molecule has 0 aliphatic carbocycles. The van der Waals surface area contributed by atoms with Gasteiger partial charge in [-0.1, -0.05) is 53.4 Å². The highest BCUT2D eigenvalue weighted by Crippen LogP contribution is 2.44. The summed E-state index contributed by atoms with van der Waals surface area (Å²) in [5.74, 6) is 0.760. The summed E-state index contributed by atoms with van der Waals surface area (Å²) in [5, 5.41) is -0.712. The van der Waals surface area contributed by atoms with Gasteiger partial charge in [0.15, 0.2) is 6.79 Å². The molecule has 0 unspecified atom stereocenters. The summed E-state index contributed by atoms with van der Waals surface area (Å²) < 4.78 is 51.8. The van der Waals surface area contributed by atoms with Crippen molar-refractivity contribution in [3.63, 3.8) is 0 Å². The van der Waals surface area contributed by atoms with Crippen LogP contribution in [0.25, 0.3) is 0 Å². The minimum absolute atomic E-state index is 0.122. The Kier molecular flexibility index (Phi) is 7.50. The summed E-state index contributed by atoms with van der Waals surface area (Å²) >= 11 is 0.852. The molecule has 30 heavy (non-hydrogen) atoms. The standard InChI is InChI=1S/C21H35BNO5S2/c1-20(2,3)15-11-14(12-16(21(4,5)6)19(15)27-13-26-8)18(28-29-22)17-9-10-23(7)30(17,24)25/h11-12,17-18,22H,9-10,13H2,1-8H3/t17-,18-/m1/s1/i22T. The van der Waals surface area contributed by atoms with E-state index in [9.17, 15) is 8.42 Å². The molecule has 6 nitrogen and oxygen atoms in total. The first-order chi connectivity index (χ1) is 14.2. The van der Waals surface area contributed by atoms with Crippen molar-refractivity contribution in [2.75, 3.05) is 27.5 Å². The van der Waals surface area contributed by atoms with Gasteiger partial charge in [0.2, 0.25) is 17.1 Å². The molecule has 0 saturated carbocycles. The zero-order valence-corrected chi connectivity index (χ0v) is 20.9. The van der Waals surface area contributed by atoms with Crippen LogP contribution in [0.2, 0.25) is 0 Å². The molecule has 0 N–H and O–H groups in total. The zero-order chi connectivity index (χ0) is 23.6. The molecule has 1 aliphatic heterocycles. The highest BCUT2D eigenvalue weighted by Gasteiger charge is 2.44. The second-order valence-corrected chi connectivity index (χ2v) is 12.4. The maximum Gasteiger partial charge on any atom is 0.219 e. The predicted octanol–water partition coefficient (Wildman–Crippen LogP) is 3.82. The van der Waals surface area contributed by atoms with E-state index in [1.165, 1.54) is 4.31 Å². The van der Waals surface area contributed by atoms with E-state index in [2.05, 4.69) is 41.5 Å². The van der Waals surface area contributed by atoms with Crippen molar-refractivity contribution >= 4 is 29.0 Å². The third kappa shape index (κ3) is 5.36. The number of ether oxygens (including phenoxy) is 2. The number of hydrogen-bond acceptors (Lipinski definition) is 6. The fourth-order valence-electron chi connectivity index (χ4n) is 3.72. The monoisotopic (exact) mass is 458 g/mol. The molecule has 1 aromatic carbocycles. The number of nitrogens with zero attached hydrogens (tertiary/aromatic N) is 1. The van der Waals surface area contributed by atoms with Crippen LogP contribution in [0.15, 0.2) is 12.1 Å². The van der Waals surface area contributed by atoms with E-state index in [0.717, 1.165) is 41.4 Å². The Morgan fingerprint density at radius 1 is 1.23 bits per heavy atom. The second kappa shape index (κ2) is 9.41. The average Bonchev–Trinajstić information content (AvgIpc) is 2.92. The maximum absolute atomic E-state index is 13.0. The van der Waals surface area contributed by atoms with E-state index < -0.39 is 21.4 Å². The highest BCUT2D eigenvalue weighted by molar-refractivity contribution is 8.15. The van der Waals surface area contributed by atoms with Gasteiger partial charge >= 0.3 is 0 Å². The molecular formula is C21H35BNO5S2. The number of methoxy groups -OCH3 is 1. The van der Waals surface area contributed by atoms with Gasteiger partial charge in [-0.2, -0.15) is 0 Å². The van der Waals surface area contributed by atoms with E-state index >= 15 is 0 Å². The van der Waals surface area contributed by atoms with Gasteiger partial charge in [0.1, 0.15) is 17.1 Å². The summed E-state index contributed by atoms with van der Waals surface area (Å²) in [5.41, 5.74) is 2.18. The van der Waals surface area contributed by atoms with E-state index in [1.54, 1.807) is 14.2 Å². The van der Waals surface area contributed by atoms with Crippen LogP contribution in [0.5, 0.6) is 5.75 Å². The quantitative estimate of drug-likeness (QED) is 0.335. The Labute approximate surface area is 189 Å².